The molecule has 0 fully saturated rings. The first-order chi connectivity index (χ1) is 31.1. The van der Waals surface area contributed by atoms with Gasteiger partial charge in [-0.3, -0.25) is 13.8 Å². The lowest BCUT2D eigenvalue weighted by Crippen LogP contribution is -2.37. The van der Waals surface area contributed by atoms with Crippen LogP contribution in [0.2, 0.25) is 0 Å². The van der Waals surface area contributed by atoms with Crippen molar-refractivity contribution in [2.24, 2.45) is 0 Å². The van der Waals surface area contributed by atoms with Gasteiger partial charge < -0.3 is 18.9 Å². The molecule has 9 heteroatoms. The second-order valence-electron chi connectivity index (χ2n) is 18.2. The zero-order valence-electron chi connectivity index (χ0n) is 42.0. The highest BCUT2D eigenvalue weighted by atomic mass is 31.2. The zero-order chi connectivity index (χ0) is 46.9. The molecule has 0 spiro atoms. The third-order valence-corrected chi connectivity index (χ3v) is 11.7. The molecule has 0 rings (SSSR count). The number of esters is 1. The van der Waals surface area contributed by atoms with Gasteiger partial charge in [-0.2, -0.15) is 0 Å². The lowest BCUT2D eigenvalue weighted by atomic mass is 10.1. The Balaban J connectivity index is 4.22. The molecule has 0 aliphatic heterocycles. The zero-order valence-corrected chi connectivity index (χ0v) is 42.9. The van der Waals surface area contributed by atoms with E-state index in [-0.39, 0.29) is 25.8 Å². The second kappa shape index (κ2) is 47.2. The first-order valence-electron chi connectivity index (χ1n) is 25.8. The number of allylic oxidation sites excluding steroid dienone is 14. The van der Waals surface area contributed by atoms with Gasteiger partial charge in [0.25, 0.3) is 0 Å². The number of ether oxygens (including phenoxy) is 2. The third kappa shape index (κ3) is 50.7. The number of phosphoric acid groups is 1. The number of phosphoric ester groups is 1. The van der Waals surface area contributed by atoms with Crippen molar-refractivity contribution >= 4 is 13.8 Å². The highest BCUT2D eigenvalue weighted by molar-refractivity contribution is 7.47. The molecule has 0 aliphatic rings. The Morgan fingerprint density at radius 1 is 0.500 bits per heavy atom. The van der Waals surface area contributed by atoms with Gasteiger partial charge in [-0.1, -0.05) is 189 Å². The molecule has 0 bridgehead atoms. The summed E-state index contributed by atoms with van der Waals surface area (Å²) in [5.41, 5.74) is 0. The van der Waals surface area contributed by atoms with Crippen LogP contribution >= 0.6 is 7.82 Å². The molecule has 64 heavy (non-hydrogen) atoms. The Bertz CT molecular complexity index is 1300. The molecule has 0 saturated heterocycles. The molecule has 370 valence electrons. The predicted molar refractivity (Wildman–Crippen MR) is 275 cm³/mol. The fourth-order valence-electron chi connectivity index (χ4n) is 6.73. The van der Waals surface area contributed by atoms with E-state index in [0.717, 1.165) is 83.5 Å². The van der Waals surface area contributed by atoms with E-state index in [1.54, 1.807) is 0 Å². The summed E-state index contributed by atoms with van der Waals surface area (Å²) in [6.45, 7) is 5.45. The van der Waals surface area contributed by atoms with Crippen LogP contribution in [0.5, 0.6) is 0 Å². The standard InChI is InChI=1S/C55H98NO7P/c1-6-8-10-12-14-16-18-20-22-24-26-27-28-29-30-31-33-35-37-39-41-43-45-47-50-60-52-54(53-62-64(58,59)61-51-49-56(3,4)5)63-55(57)48-46-44-42-40-38-36-34-32-25-23-21-19-17-15-13-11-9-7-2/h8,10,14,16,20,22-23,25-27,29-30,33,35,54H,6-7,9,11-13,15,17-19,21,24,28,31-32,34,36-53H2,1-5H3/p+1/b10-8-,16-14-,22-20-,25-23-,27-26-,30-29-,35-33-. The van der Waals surface area contributed by atoms with Crippen LogP contribution in [0.1, 0.15) is 200 Å². The van der Waals surface area contributed by atoms with Gasteiger partial charge >= 0.3 is 13.8 Å². The summed E-state index contributed by atoms with van der Waals surface area (Å²) < 4.78 is 35.1. The molecule has 0 amide bonds. The van der Waals surface area contributed by atoms with E-state index < -0.39 is 13.9 Å². The Labute approximate surface area is 395 Å². The number of rotatable bonds is 47. The minimum Gasteiger partial charge on any atom is -0.457 e. The fraction of sp³-hybridized carbons (Fsp3) is 0.727. The third-order valence-electron chi connectivity index (χ3n) is 10.7. The largest absolute Gasteiger partial charge is 0.472 e. The molecule has 0 aliphatic carbocycles. The van der Waals surface area contributed by atoms with Gasteiger partial charge in [-0.15, -0.1) is 0 Å². The van der Waals surface area contributed by atoms with E-state index >= 15 is 0 Å². The lowest BCUT2D eigenvalue weighted by Gasteiger charge is -2.24. The van der Waals surface area contributed by atoms with Crippen molar-refractivity contribution in [2.75, 3.05) is 54.1 Å². The van der Waals surface area contributed by atoms with Crippen LogP contribution in [0.25, 0.3) is 0 Å². The van der Waals surface area contributed by atoms with Gasteiger partial charge in [0.1, 0.15) is 19.3 Å². The van der Waals surface area contributed by atoms with Gasteiger partial charge in [0.15, 0.2) is 0 Å². The minimum atomic E-state index is -4.29. The van der Waals surface area contributed by atoms with Crippen LogP contribution in [0.3, 0.4) is 0 Å². The smallest absolute Gasteiger partial charge is 0.457 e. The normalized spacial score (nSPS) is 14.3. The topological polar surface area (TPSA) is 91.3 Å². The Kier molecular flexibility index (Phi) is 45.5. The van der Waals surface area contributed by atoms with Crippen LogP contribution in [0.15, 0.2) is 85.1 Å². The Hall–Kier alpha value is -2.32. The van der Waals surface area contributed by atoms with E-state index in [1.165, 1.54) is 96.3 Å². The number of unbranched alkanes of at least 4 members (excludes halogenated alkanes) is 19. The minimum absolute atomic E-state index is 0.0794. The van der Waals surface area contributed by atoms with Crippen molar-refractivity contribution in [3.05, 3.63) is 85.1 Å². The molecule has 0 aromatic heterocycles. The Morgan fingerprint density at radius 2 is 0.906 bits per heavy atom. The van der Waals surface area contributed by atoms with Crippen molar-refractivity contribution in [3.63, 3.8) is 0 Å². The molecule has 8 nitrogen and oxygen atoms in total. The van der Waals surface area contributed by atoms with Crippen molar-refractivity contribution < 1.29 is 37.3 Å². The molecule has 0 aromatic carbocycles. The van der Waals surface area contributed by atoms with Gasteiger partial charge in [0, 0.05) is 13.0 Å². The summed E-state index contributed by atoms with van der Waals surface area (Å²) in [6.07, 6.45) is 63.4. The number of likely N-dealkylation sites (N-methyl/N-ethyl adjacent to an activating group) is 1. The Morgan fingerprint density at radius 3 is 1.38 bits per heavy atom. The van der Waals surface area contributed by atoms with E-state index in [9.17, 15) is 14.3 Å². The molecule has 2 atom stereocenters. The first kappa shape index (κ1) is 61.7. The maximum Gasteiger partial charge on any atom is 0.472 e. The van der Waals surface area contributed by atoms with Gasteiger partial charge in [0.2, 0.25) is 0 Å². The number of hydrogen-bond donors (Lipinski definition) is 1. The second-order valence-corrected chi connectivity index (χ2v) is 19.6. The quantitative estimate of drug-likeness (QED) is 0.0214. The van der Waals surface area contributed by atoms with Gasteiger partial charge in [0.05, 0.1) is 34.4 Å². The summed E-state index contributed by atoms with van der Waals surface area (Å²) in [5.74, 6) is -0.328. The molecule has 2 unspecified atom stereocenters. The fourth-order valence-corrected chi connectivity index (χ4v) is 7.47. The van der Waals surface area contributed by atoms with E-state index in [4.69, 9.17) is 18.5 Å². The molecular formula is C55H99NO7P+. The van der Waals surface area contributed by atoms with E-state index in [2.05, 4.69) is 98.9 Å². The molecule has 0 radical (unpaired) electrons. The van der Waals surface area contributed by atoms with Crippen molar-refractivity contribution in [2.45, 2.75) is 206 Å². The van der Waals surface area contributed by atoms with Crippen LogP contribution in [-0.2, 0) is 27.9 Å². The maximum atomic E-state index is 12.8. The van der Waals surface area contributed by atoms with Crippen LogP contribution in [0, 0.1) is 0 Å². The number of nitrogens with zero attached hydrogens (tertiary/aromatic N) is 1. The molecular weight excluding hydrogens is 818 g/mol. The predicted octanol–water partition coefficient (Wildman–Crippen LogP) is 16.0. The summed E-state index contributed by atoms with van der Waals surface area (Å²) in [7, 11) is 1.64. The maximum absolute atomic E-state index is 12.8. The number of carbonyl (C=O) groups excluding carboxylic acids is 1. The highest BCUT2D eigenvalue weighted by Crippen LogP contribution is 2.43. The summed E-state index contributed by atoms with van der Waals surface area (Å²) >= 11 is 0. The van der Waals surface area contributed by atoms with Gasteiger partial charge in [-0.05, 0) is 89.9 Å². The van der Waals surface area contributed by atoms with Crippen molar-refractivity contribution in [1.82, 2.24) is 0 Å². The number of hydrogen-bond acceptors (Lipinski definition) is 6. The molecule has 0 saturated carbocycles. The van der Waals surface area contributed by atoms with E-state index in [0.29, 0.717) is 24.1 Å². The van der Waals surface area contributed by atoms with E-state index in [1.807, 2.05) is 21.1 Å². The van der Waals surface area contributed by atoms with Crippen LogP contribution < -0.4 is 0 Å². The highest BCUT2D eigenvalue weighted by Gasteiger charge is 2.26. The molecule has 0 aromatic rings. The lowest BCUT2D eigenvalue weighted by molar-refractivity contribution is -0.870. The average Bonchev–Trinajstić information content (AvgIpc) is 3.25. The average molecular weight is 917 g/mol. The van der Waals surface area contributed by atoms with Gasteiger partial charge in [-0.25, -0.2) is 4.57 Å². The van der Waals surface area contributed by atoms with Crippen molar-refractivity contribution in [1.29, 1.82) is 0 Å². The summed E-state index contributed by atoms with van der Waals surface area (Å²) in [6, 6.07) is 0. The molecule has 1 N–H and O–H groups in total. The molecule has 0 heterocycles. The van der Waals surface area contributed by atoms with Crippen LogP contribution in [-0.4, -0.2) is 75.6 Å². The summed E-state index contributed by atoms with van der Waals surface area (Å²) in [5, 5.41) is 0. The van der Waals surface area contributed by atoms with Crippen LogP contribution in [0.4, 0.5) is 0 Å². The number of quaternary nitrogens is 1. The first-order valence-corrected chi connectivity index (χ1v) is 27.3. The van der Waals surface area contributed by atoms with Crippen molar-refractivity contribution in [3.8, 4) is 0 Å². The SMILES string of the molecule is CC/C=C\C/C=C\C/C=C\C/C=C\C/C=C\C/C=C\CCCCCCCOCC(COP(=O)(O)OCC[N+](C)(C)C)OC(=O)CCCCCCCCC/C=C\CCCCCCCCC. The number of carbonyl (C=O) groups is 1. The summed E-state index contributed by atoms with van der Waals surface area (Å²) in [4.78, 5) is 23.0. The monoisotopic (exact) mass is 917 g/mol.